The Hall–Kier alpha value is -1.76. The zero-order valence-corrected chi connectivity index (χ0v) is 14.4. The molecule has 3 unspecified atom stereocenters. The van der Waals surface area contributed by atoms with Crippen LogP contribution in [-0.4, -0.2) is 32.9 Å². The number of benzene rings is 2. The van der Waals surface area contributed by atoms with Crippen LogP contribution in [0.25, 0.3) is 0 Å². The molecule has 6 heteroatoms. The molecule has 0 spiro atoms. The van der Waals surface area contributed by atoms with E-state index in [1.807, 2.05) is 6.92 Å². The van der Waals surface area contributed by atoms with E-state index in [0.29, 0.717) is 5.56 Å². The zero-order valence-electron chi connectivity index (χ0n) is 13.6. The van der Waals surface area contributed by atoms with Crippen LogP contribution in [0.15, 0.2) is 53.4 Å². The van der Waals surface area contributed by atoms with Crippen LogP contribution >= 0.6 is 0 Å². The van der Waals surface area contributed by atoms with E-state index >= 15 is 0 Å². The lowest BCUT2D eigenvalue weighted by Crippen LogP contribution is -2.35. The molecule has 2 N–H and O–H groups in total. The van der Waals surface area contributed by atoms with Gasteiger partial charge in [0.25, 0.3) is 0 Å². The minimum Gasteiger partial charge on any atom is -0.383 e. The van der Waals surface area contributed by atoms with Crippen LogP contribution in [-0.2, 0) is 14.6 Å². The molecule has 0 heterocycles. The van der Waals surface area contributed by atoms with E-state index in [2.05, 4.69) is 0 Å². The second-order valence-electron chi connectivity index (χ2n) is 6.36. The highest BCUT2D eigenvalue weighted by Crippen LogP contribution is 2.55. The first-order chi connectivity index (χ1) is 11.3. The summed E-state index contributed by atoms with van der Waals surface area (Å²) in [6.07, 6.45) is 0. The van der Waals surface area contributed by atoms with E-state index in [1.54, 1.807) is 36.4 Å². The van der Waals surface area contributed by atoms with Crippen molar-refractivity contribution in [3.05, 3.63) is 65.5 Å². The van der Waals surface area contributed by atoms with E-state index in [1.165, 1.54) is 19.2 Å². The molecular formula is C18H20FNO3S. The van der Waals surface area contributed by atoms with Crippen molar-refractivity contribution < 1.29 is 17.5 Å². The molecule has 0 aliphatic heterocycles. The molecule has 4 nitrogen and oxygen atoms in total. The molecule has 128 valence electrons. The average molecular weight is 349 g/mol. The first-order valence-corrected chi connectivity index (χ1v) is 9.19. The van der Waals surface area contributed by atoms with Crippen molar-refractivity contribution in [2.24, 2.45) is 5.73 Å². The second kappa shape index (κ2) is 5.95. The number of hydrogen-bond donors (Lipinski definition) is 1. The molecule has 24 heavy (non-hydrogen) atoms. The molecule has 0 radical (unpaired) electrons. The molecule has 1 fully saturated rings. The van der Waals surface area contributed by atoms with Crippen molar-refractivity contribution in [1.29, 1.82) is 0 Å². The standard InChI is InChI=1S/C18H20FNO3S/c1-12-6-8-15(9-7-12)24(21,22)17-16(18(17,20)11-23-2)13-4-3-5-14(19)10-13/h3-10,16-17H,11,20H2,1-2H3. The fourth-order valence-corrected chi connectivity index (χ4v) is 5.66. The fraction of sp³-hybridized carbons (Fsp3) is 0.333. The lowest BCUT2D eigenvalue weighted by molar-refractivity contribution is 0.171. The lowest BCUT2D eigenvalue weighted by atomic mass is 10.1. The first kappa shape index (κ1) is 17.1. The van der Waals surface area contributed by atoms with Gasteiger partial charge in [0.15, 0.2) is 9.84 Å². The van der Waals surface area contributed by atoms with Gasteiger partial charge in [-0.25, -0.2) is 12.8 Å². The number of ether oxygens (including phenoxy) is 1. The summed E-state index contributed by atoms with van der Waals surface area (Å²) in [5.74, 6) is -0.912. The Morgan fingerprint density at radius 3 is 2.46 bits per heavy atom. The van der Waals surface area contributed by atoms with Gasteiger partial charge < -0.3 is 10.5 Å². The Balaban J connectivity index is 2.03. The topological polar surface area (TPSA) is 69.4 Å². The van der Waals surface area contributed by atoms with Crippen LogP contribution in [0.2, 0.25) is 0 Å². The maximum atomic E-state index is 13.6. The molecule has 1 aliphatic rings. The monoisotopic (exact) mass is 349 g/mol. The van der Waals surface area contributed by atoms with Gasteiger partial charge >= 0.3 is 0 Å². The Labute approximate surface area is 141 Å². The fourth-order valence-electron chi connectivity index (χ4n) is 3.37. The Morgan fingerprint density at radius 2 is 1.88 bits per heavy atom. The molecule has 0 aromatic heterocycles. The summed E-state index contributed by atoms with van der Waals surface area (Å²) in [6.45, 7) is 1.98. The Kier molecular flexibility index (Phi) is 4.23. The number of hydrogen-bond acceptors (Lipinski definition) is 4. The number of sulfone groups is 1. The van der Waals surface area contributed by atoms with Crippen LogP contribution in [0.1, 0.15) is 17.0 Å². The minimum absolute atomic E-state index is 0.0872. The van der Waals surface area contributed by atoms with E-state index in [4.69, 9.17) is 10.5 Å². The zero-order chi connectivity index (χ0) is 17.5. The highest BCUT2D eigenvalue weighted by atomic mass is 32.2. The summed E-state index contributed by atoms with van der Waals surface area (Å²) in [4.78, 5) is 0.225. The van der Waals surface area contributed by atoms with Crippen LogP contribution in [0.5, 0.6) is 0 Å². The average Bonchev–Trinajstić information content (AvgIpc) is 3.14. The summed E-state index contributed by atoms with van der Waals surface area (Å²) in [5, 5.41) is -0.838. The summed E-state index contributed by atoms with van der Waals surface area (Å²) < 4.78 is 44.8. The summed E-state index contributed by atoms with van der Waals surface area (Å²) in [7, 11) is -2.17. The van der Waals surface area contributed by atoms with E-state index in [0.717, 1.165) is 5.56 Å². The molecule has 1 saturated carbocycles. The number of nitrogens with two attached hydrogens (primary N) is 1. The second-order valence-corrected chi connectivity index (χ2v) is 8.43. The Bertz CT molecular complexity index is 851. The van der Waals surface area contributed by atoms with E-state index < -0.39 is 32.4 Å². The van der Waals surface area contributed by atoms with Crippen LogP contribution in [0, 0.1) is 12.7 Å². The normalized spacial score (nSPS) is 26.3. The van der Waals surface area contributed by atoms with Crippen molar-refractivity contribution in [3.63, 3.8) is 0 Å². The molecule has 3 rings (SSSR count). The van der Waals surface area contributed by atoms with Crippen molar-refractivity contribution in [2.45, 2.75) is 28.5 Å². The van der Waals surface area contributed by atoms with Crippen LogP contribution in [0.3, 0.4) is 0 Å². The van der Waals surface area contributed by atoms with Gasteiger partial charge in [-0.1, -0.05) is 29.8 Å². The van der Waals surface area contributed by atoms with E-state index in [-0.39, 0.29) is 11.5 Å². The number of methoxy groups -OCH3 is 1. The van der Waals surface area contributed by atoms with Crippen LogP contribution < -0.4 is 5.73 Å². The van der Waals surface area contributed by atoms with Crippen molar-refractivity contribution in [1.82, 2.24) is 0 Å². The van der Waals surface area contributed by atoms with Crippen molar-refractivity contribution in [2.75, 3.05) is 13.7 Å². The first-order valence-electron chi connectivity index (χ1n) is 7.64. The van der Waals surface area contributed by atoms with Gasteiger partial charge in [-0.05, 0) is 36.8 Å². The van der Waals surface area contributed by atoms with Crippen molar-refractivity contribution in [3.8, 4) is 0 Å². The van der Waals surface area contributed by atoms with Crippen LogP contribution in [0.4, 0.5) is 4.39 Å². The smallest absolute Gasteiger partial charge is 0.183 e. The van der Waals surface area contributed by atoms with Crippen molar-refractivity contribution >= 4 is 9.84 Å². The largest absolute Gasteiger partial charge is 0.383 e. The third kappa shape index (κ3) is 2.75. The highest BCUT2D eigenvalue weighted by Gasteiger charge is 2.69. The molecular weight excluding hydrogens is 329 g/mol. The predicted molar refractivity (Wildman–Crippen MR) is 90.1 cm³/mol. The number of rotatable bonds is 5. The van der Waals surface area contributed by atoms with Gasteiger partial charge in [-0.15, -0.1) is 0 Å². The predicted octanol–water partition coefficient (Wildman–Crippen LogP) is 2.42. The summed E-state index contributed by atoms with van der Waals surface area (Å²) >= 11 is 0. The van der Waals surface area contributed by atoms with Gasteiger partial charge in [0.05, 0.1) is 22.3 Å². The van der Waals surface area contributed by atoms with E-state index in [9.17, 15) is 12.8 Å². The number of halogens is 1. The molecule has 2 aromatic rings. The van der Waals surface area contributed by atoms with Gasteiger partial charge in [0.1, 0.15) is 5.82 Å². The maximum Gasteiger partial charge on any atom is 0.183 e. The third-order valence-electron chi connectivity index (χ3n) is 4.59. The molecule has 1 aliphatic carbocycles. The SMILES string of the molecule is COCC1(N)C(c2cccc(F)c2)C1S(=O)(=O)c1ccc(C)cc1. The maximum absolute atomic E-state index is 13.6. The molecule has 3 atom stereocenters. The van der Waals surface area contributed by atoms with Gasteiger partial charge in [-0.2, -0.15) is 0 Å². The lowest BCUT2D eigenvalue weighted by Gasteiger charge is -2.11. The molecule has 0 bridgehead atoms. The van der Waals surface area contributed by atoms with Gasteiger partial charge in [-0.3, -0.25) is 0 Å². The van der Waals surface area contributed by atoms with Gasteiger partial charge in [0.2, 0.25) is 0 Å². The summed E-state index contributed by atoms with van der Waals surface area (Å²) in [5.41, 5.74) is 6.84. The molecule has 2 aromatic carbocycles. The quantitative estimate of drug-likeness (QED) is 0.900. The van der Waals surface area contributed by atoms with Gasteiger partial charge in [0, 0.05) is 13.0 Å². The molecule has 0 amide bonds. The number of aryl methyl sites for hydroxylation is 1. The minimum atomic E-state index is -3.65. The highest BCUT2D eigenvalue weighted by molar-refractivity contribution is 7.92. The Morgan fingerprint density at radius 1 is 1.21 bits per heavy atom. The third-order valence-corrected chi connectivity index (χ3v) is 6.90. The summed E-state index contributed by atoms with van der Waals surface area (Å²) in [6, 6.07) is 12.6. The molecule has 0 saturated heterocycles.